The molecule has 0 radical (unpaired) electrons. The Morgan fingerprint density at radius 3 is 1.79 bits per heavy atom. The molecule has 0 spiro atoms. The molecule has 19 heavy (non-hydrogen) atoms. The van der Waals surface area contributed by atoms with Crippen molar-refractivity contribution in [3.63, 3.8) is 0 Å². The number of oxime groups is 1. The van der Waals surface area contributed by atoms with Crippen LogP contribution < -0.4 is 0 Å². The quantitative estimate of drug-likeness (QED) is 0.468. The molecule has 0 amide bonds. The maximum atomic E-state index is 8.85. The van der Waals surface area contributed by atoms with Crippen LogP contribution in [0.5, 0.6) is 0 Å². The van der Waals surface area contributed by atoms with Crippen molar-refractivity contribution in [2.24, 2.45) is 10.1 Å². The van der Waals surface area contributed by atoms with E-state index in [0.717, 1.165) is 11.4 Å². The van der Waals surface area contributed by atoms with Crippen LogP contribution in [0.1, 0.15) is 64.5 Å². The first-order valence-electron chi connectivity index (χ1n) is 6.75. The summed E-state index contributed by atoms with van der Waals surface area (Å²) in [6, 6.07) is 6.33. The van der Waals surface area contributed by atoms with Crippen molar-refractivity contribution < 1.29 is 5.21 Å². The lowest BCUT2D eigenvalue weighted by Gasteiger charge is -2.17. The third-order valence-corrected chi connectivity index (χ3v) is 3.30. The molecule has 0 saturated heterocycles. The lowest BCUT2D eigenvalue weighted by molar-refractivity contribution is 0.320. The van der Waals surface area contributed by atoms with Crippen molar-refractivity contribution in [1.82, 2.24) is 0 Å². The minimum absolute atomic E-state index is 0.414. The second kappa shape index (κ2) is 6.50. The topological polar surface area (TPSA) is 45.0 Å². The van der Waals surface area contributed by atoms with Gasteiger partial charge in [-0.2, -0.15) is 0 Å². The van der Waals surface area contributed by atoms with E-state index >= 15 is 0 Å². The third kappa shape index (κ3) is 3.66. The van der Waals surface area contributed by atoms with Crippen LogP contribution in [0.25, 0.3) is 0 Å². The van der Waals surface area contributed by atoms with Gasteiger partial charge in [-0.25, -0.2) is 0 Å². The summed E-state index contributed by atoms with van der Waals surface area (Å²) in [6.45, 7) is 12.3. The highest BCUT2D eigenvalue weighted by atomic mass is 16.4. The third-order valence-electron chi connectivity index (χ3n) is 3.30. The number of hydrogen-bond donors (Lipinski definition) is 1. The van der Waals surface area contributed by atoms with Gasteiger partial charge in [-0.15, -0.1) is 0 Å². The predicted molar refractivity (Wildman–Crippen MR) is 82.3 cm³/mol. The fraction of sp³-hybridized carbons (Fsp3) is 0.500. The number of benzene rings is 1. The monoisotopic (exact) mass is 260 g/mol. The van der Waals surface area contributed by atoms with Crippen LogP contribution in [-0.4, -0.2) is 16.6 Å². The van der Waals surface area contributed by atoms with E-state index in [1.165, 1.54) is 11.1 Å². The first-order valence-corrected chi connectivity index (χ1v) is 6.75. The summed E-state index contributed by atoms with van der Waals surface area (Å²) >= 11 is 0. The molecule has 0 aliphatic rings. The second-order valence-corrected chi connectivity index (χ2v) is 5.48. The maximum Gasteiger partial charge on any atom is 0.0976 e. The molecule has 0 aliphatic heterocycles. The Kier molecular flexibility index (Phi) is 5.28. The van der Waals surface area contributed by atoms with E-state index in [1.54, 1.807) is 6.92 Å². The van der Waals surface area contributed by atoms with Gasteiger partial charge >= 0.3 is 0 Å². The normalized spacial score (nSPS) is 13.5. The zero-order valence-corrected chi connectivity index (χ0v) is 12.7. The zero-order valence-electron chi connectivity index (χ0n) is 12.7. The summed E-state index contributed by atoms with van der Waals surface area (Å²) in [5.74, 6) is 0.827. The molecule has 0 aliphatic carbocycles. The van der Waals surface area contributed by atoms with E-state index in [0.29, 0.717) is 17.5 Å². The molecule has 0 bridgehead atoms. The van der Waals surface area contributed by atoms with Crippen LogP contribution in [0.15, 0.2) is 28.3 Å². The minimum atomic E-state index is 0.414. The van der Waals surface area contributed by atoms with Crippen molar-refractivity contribution in [2.75, 3.05) is 0 Å². The van der Waals surface area contributed by atoms with Gasteiger partial charge in [-0.3, -0.25) is 4.99 Å². The van der Waals surface area contributed by atoms with Gasteiger partial charge in [0, 0.05) is 0 Å². The first kappa shape index (κ1) is 15.4. The van der Waals surface area contributed by atoms with Crippen molar-refractivity contribution >= 4 is 17.1 Å². The summed E-state index contributed by atoms with van der Waals surface area (Å²) in [7, 11) is 0. The average Bonchev–Trinajstić information content (AvgIpc) is 2.37. The number of nitrogens with zero attached hydrogens (tertiary/aromatic N) is 2. The molecule has 1 rings (SSSR count). The highest BCUT2D eigenvalue weighted by molar-refractivity contribution is 6.40. The van der Waals surface area contributed by atoms with Gasteiger partial charge in [0.1, 0.15) is 0 Å². The molecule has 1 aromatic rings. The molecule has 104 valence electrons. The van der Waals surface area contributed by atoms with E-state index in [2.05, 4.69) is 51.0 Å². The second-order valence-electron chi connectivity index (χ2n) is 5.48. The van der Waals surface area contributed by atoms with Crippen LogP contribution in [-0.2, 0) is 0 Å². The fourth-order valence-electron chi connectivity index (χ4n) is 1.96. The molecular weight excluding hydrogens is 236 g/mol. The molecule has 0 aromatic heterocycles. The number of aliphatic imine (C=N–C) groups is 1. The Balaban J connectivity index is 3.46. The molecule has 0 heterocycles. The SMILES string of the molecule is CC(=Nc1c(C(C)C)cccc1C(C)C)/C(C)=N/O. The highest BCUT2D eigenvalue weighted by Crippen LogP contribution is 2.34. The largest absolute Gasteiger partial charge is 0.411 e. The van der Waals surface area contributed by atoms with Crippen LogP contribution in [0, 0.1) is 0 Å². The fourth-order valence-corrected chi connectivity index (χ4v) is 1.96. The summed E-state index contributed by atoms with van der Waals surface area (Å²) in [5, 5.41) is 12.1. The summed E-state index contributed by atoms with van der Waals surface area (Å²) in [6.07, 6.45) is 0. The van der Waals surface area contributed by atoms with Gasteiger partial charge in [-0.1, -0.05) is 51.0 Å². The van der Waals surface area contributed by atoms with Gasteiger partial charge in [0.25, 0.3) is 0 Å². The molecule has 0 fully saturated rings. The molecule has 0 unspecified atom stereocenters. The molecule has 3 nitrogen and oxygen atoms in total. The molecule has 3 heteroatoms. The van der Waals surface area contributed by atoms with E-state index < -0.39 is 0 Å². The van der Waals surface area contributed by atoms with Crippen molar-refractivity contribution in [3.8, 4) is 0 Å². The zero-order chi connectivity index (χ0) is 14.6. The van der Waals surface area contributed by atoms with Gasteiger partial charge in [0.2, 0.25) is 0 Å². The van der Waals surface area contributed by atoms with E-state index in [9.17, 15) is 0 Å². The van der Waals surface area contributed by atoms with Crippen LogP contribution in [0.3, 0.4) is 0 Å². The summed E-state index contributed by atoms with van der Waals surface area (Å²) in [4.78, 5) is 4.70. The van der Waals surface area contributed by atoms with Crippen molar-refractivity contribution in [1.29, 1.82) is 0 Å². The van der Waals surface area contributed by atoms with Crippen molar-refractivity contribution in [2.45, 2.75) is 53.4 Å². The molecular formula is C16H24N2O. The first-order chi connectivity index (χ1) is 8.88. The highest BCUT2D eigenvalue weighted by Gasteiger charge is 2.13. The molecule has 0 atom stereocenters. The Bertz CT molecular complexity index is 473. The average molecular weight is 260 g/mol. The standard InChI is InChI=1S/C16H24N2O/c1-10(2)14-8-7-9-15(11(3)4)16(14)17-12(5)13(6)18-19/h7-11,19H,1-6H3/b17-12?,18-13+. The van der Waals surface area contributed by atoms with Gasteiger partial charge in [-0.05, 0) is 36.8 Å². The number of hydrogen-bond acceptors (Lipinski definition) is 3. The predicted octanol–water partition coefficient (Wildman–Crippen LogP) is 4.88. The van der Waals surface area contributed by atoms with E-state index in [4.69, 9.17) is 10.2 Å². The maximum absolute atomic E-state index is 8.85. The van der Waals surface area contributed by atoms with E-state index in [-0.39, 0.29) is 0 Å². The van der Waals surface area contributed by atoms with Gasteiger partial charge < -0.3 is 5.21 Å². The summed E-state index contributed by atoms with van der Waals surface area (Å²) in [5.41, 5.74) is 4.78. The van der Waals surface area contributed by atoms with Crippen molar-refractivity contribution in [3.05, 3.63) is 29.3 Å². The smallest absolute Gasteiger partial charge is 0.0976 e. The number of rotatable bonds is 4. The van der Waals surface area contributed by atoms with Crippen LogP contribution >= 0.6 is 0 Å². The summed E-state index contributed by atoms with van der Waals surface area (Å²) < 4.78 is 0. The minimum Gasteiger partial charge on any atom is -0.411 e. The Morgan fingerprint density at radius 1 is 0.947 bits per heavy atom. The van der Waals surface area contributed by atoms with Gasteiger partial charge in [0.15, 0.2) is 0 Å². The van der Waals surface area contributed by atoms with Gasteiger partial charge in [0.05, 0.1) is 17.1 Å². The Labute approximate surface area is 116 Å². The van der Waals surface area contributed by atoms with Crippen LogP contribution in [0.2, 0.25) is 0 Å². The molecule has 1 N–H and O–H groups in total. The van der Waals surface area contributed by atoms with E-state index in [1.807, 2.05) is 6.92 Å². The lowest BCUT2D eigenvalue weighted by Crippen LogP contribution is -2.06. The molecule has 1 aromatic carbocycles. The van der Waals surface area contributed by atoms with Crippen LogP contribution in [0.4, 0.5) is 5.69 Å². The number of para-hydroxylation sites is 1. The Hall–Kier alpha value is -1.64. The lowest BCUT2D eigenvalue weighted by atomic mass is 9.93. The molecule has 0 saturated carbocycles. The Morgan fingerprint density at radius 2 is 1.42 bits per heavy atom.